The number of carbonyl (C=O) groups is 1. The minimum Gasteiger partial charge on any atom is -0.394 e. The zero-order valence-electron chi connectivity index (χ0n) is 54.4. The Morgan fingerprint density at radius 1 is 0.420 bits per heavy atom. The molecule has 2 fully saturated rings. The van der Waals surface area contributed by atoms with Gasteiger partial charge in [0, 0.05) is 6.42 Å². The van der Waals surface area contributed by atoms with Gasteiger partial charge in [-0.25, -0.2) is 0 Å². The largest absolute Gasteiger partial charge is 0.394 e. The van der Waals surface area contributed by atoms with E-state index >= 15 is 0 Å². The third kappa shape index (κ3) is 40.8. The number of rotatable bonds is 54. The van der Waals surface area contributed by atoms with Crippen molar-refractivity contribution in [3.8, 4) is 0 Å². The number of hydrogen-bond donors (Lipinski definition) is 9. The van der Waals surface area contributed by atoms with Gasteiger partial charge in [0.05, 0.1) is 32.0 Å². The summed E-state index contributed by atoms with van der Waals surface area (Å²) in [6.45, 7) is 2.67. The van der Waals surface area contributed by atoms with Crippen molar-refractivity contribution in [3.63, 3.8) is 0 Å². The van der Waals surface area contributed by atoms with Crippen LogP contribution in [0.3, 0.4) is 0 Å². The van der Waals surface area contributed by atoms with E-state index < -0.39 is 86.8 Å². The summed E-state index contributed by atoms with van der Waals surface area (Å²) in [4.78, 5) is 13.3. The van der Waals surface area contributed by atoms with Crippen LogP contribution in [0.25, 0.3) is 0 Å². The normalized spacial score (nSPS) is 24.0. The van der Waals surface area contributed by atoms with Crippen LogP contribution in [0.15, 0.2) is 134 Å². The molecule has 12 unspecified atom stereocenters. The Labute approximate surface area is 532 Å². The molecule has 1 amide bonds. The van der Waals surface area contributed by atoms with Gasteiger partial charge in [-0.15, -0.1) is 0 Å². The van der Waals surface area contributed by atoms with Crippen LogP contribution >= 0.6 is 0 Å². The van der Waals surface area contributed by atoms with Crippen LogP contribution in [-0.2, 0) is 23.7 Å². The van der Waals surface area contributed by atoms with Gasteiger partial charge in [0.2, 0.25) is 5.91 Å². The fourth-order valence-corrected chi connectivity index (χ4v) is 10.4. The van der Waals surface area contributed by atoms with Crippen LogP contribution in [0.4, 0.5) is 0 Å². The van der Waals surface area contributed by atoms with Crippen molar-refractivity contribution in [1.29, 1.82) is 0 Å². The minimum absolute atomic E-state index is 0.243. The van der Waals surface area contributed by atoms with Crippen LogP contribution < -0.4 is 5.32 Å². The van der Waals surface area contributed by atoms with E-state index in [1.807, 2.05) is 6.08 Å². The summed E-state index contributed by atoms with van der Waals surface area (Å²) >= 11 is 0. The van der Waals surface area contributed by atoms with Crippen molar-refractivity contribution >= 4 is 5.91 Å². The summed E-state index contributed by atoms with van der Waals surface area (Å²) in [6.07, 6.45) is 67.7. The van der Waals surface area contributed by atoms with Crippen LogP contribution in [0.2, 0.25) is 0 Å². The van der Waals surface area contributed by atoms with Crippen LogP contribution in [0.1, 0.15) is 232 Å². The number of aliphatic hydroxyl groups excluding tert-OH is 8. The Kier molecular flexibility index (Phi) is 52.0. The Morgan fingerprint density at radius 3 is 1.20 bits per heavy atom. The molecular formula is C74H123NO13. The lowest BCUT2D eigenvalue weighted by Crippen LogP contribution is -2.65. The van der Waals surface area contributed by atoms with Crippen molar-refractivity contribution in [3.05, 3.63) is 134 Å². The van der Waals surface area contributed by atoms with Gasteiger partial charge in [-0.1, -0.05) is 263 Å². The summed E-state index contributed by atoms with van der Waals surface area (Å²) in [7, 11) is 0. The van der Waals surface area contributed by atoms with Crippen molar-refractivity contribution in [2.45, 2.75) is 306 Å². The number of nitrogens with one attached hydrogen (secondary N) is 1. The third-order valence-electron chi connectivity index (χ3n) is 15.8. The van der Waals surface area contributed by atoms with E-state index in [0.717, 1.165) is 109 Å². The summed E-state index contributed by atoms with van der Waals surface area (Å²) < 4.78 is 22.8. The maximum absolute atomic E-state index is 13.3. The molecule has 0 aliphatic carbocycles. The van der Waals surface area contributed by atoms with Gasteiger partial charge in [0.25, 0.3) is 0 Å². The van der Waals surface area contributed by atoms with Gasteiger partial charge < -0.3 is 65.1 Å². The van der Waals surface area contributed by atoms with Gasteiger partial charge >= 0.3 is 0 Å². The summed E-state index contributed by atoms with van der Waals surface area (Å²) in [5.41, 5.74) is 0. The number of amides is 1. The van der Waals surface area contributed by atoms with Crippen LogP contribution in [-0.4, -0.2) is 140 Å². The molecule has 12 atom stereocenters. The Morgan fingerprint density at radius 2 is 0.784 bits per heavy atom. The van der Waals surface area contributed by atoms with Crippen molar-refractivity contribution in [2.24, 2.45) is 0 Å². The Bertz CT molecular complexity index is 1990. The van der Waals surface area contributed by atoms with Crippen molar-refractivity contribution < 1.29 is 64.6 Å². The molecule has 2 heterocycles. The monoisotopic (exact) mass is 1230 g/mol. The smallest absolute Gasteiger partial charge is 0.220 e. The number of aliphatic hydroxyl groups is 8. The van der Waals surface area contributed by atoms with Gasteiger partial charge in [-0.3, -0.25) is 4.79 Å². The minimum atomic E-state index is -1.80. The Balaban J connectivity index is 1.71. The zero-order valence-corrected chi connectivity index (χ0v) is 54.4. The molecule has 88 heavy (non-hydrogen) atoms. The quantitative estimate of drug-likeness (QED) is 0.0204. The maximum Gasteiger partial charge on any atom is 0.220 e. The maximum atomic E-state index is 13.3. The first-order valence-corrected chi connectivity index (χ1v) is 34.4. The first-order valence-electron chi connectivity index (χ1n) is 34.4. The molecule has 0 saturated carbocycles. The molecule has 2 aliphatic rings. The van der Waals surface area contributed by atoms with E-state index in [9.17, 15) is 45.6 Å². The highest BCUT2D eigenvalue weighted by molar-refractivity contribution is 5.76. The highest BCUT2D eigenvalue weighted by atomic mass is 16.7. The topological polar surface area (TPSA) is 228 Å². The summed E-state index contributed by atoms with van der Waals surface area (Å²) in [6, 6.07) is -0.939. The summed E-state index contributed by atoms with van der Waals surface area (Å²) in [5.74, 6) is -0.268. The molecule has 2 saturated heterocycles. The average molecular weight is 1230 g/mol. The zero-order chi connectivity index (χ0) is 63.8. The predicted molar refractivity (Wildman–Crippen MR) is 359 cm³/mol. The van der Waals surface area contributed by atoms with E-state index in [0.29, 0.717) is 6.42 Å². The molecular weight excluding hydrogens is 1110 g/mol. The standard InChI is InChI=1S/C74H123NO13/c1-3-5-7-9-11-13-15-17-19-21-23-24-25-26-27-28-29-30-31-32-33-34-35-36-37-38-40-42-44-46-48-50-52-54-56-58-66(79)75-62(63(78)57-55-53-51-49-47-45-43-41-39-22-20-18-16-14-12-10-8-6-4-2)61-85-73-71(84)69(82)72(65(60-77)87-73)88-74-70(83)68(81)67(80)64(59-76)86-74/h5,7,11,13,17,19,23-24,26-27,29-30,32-33,35-36,38,40,44,46,55,57,62-65,67-74,76-78,80-84H,3-4,6,8-10,12,14-16,18,20-22,25,28,31,34,37,39,41-43,45,47-54,56,58-61H2,1-2H3,(H,75,79)/b7-5-,13-11-,19-17-,24-23-,27-26-,30-29-,33-32-,36-35-,40-38-,46-44-,57-55+. The third-order valence-corrected chi connectivity index (χ3v) is 15.8. The van der Waals surface area contributed by atoms with Gasteiger partial charge in [0.1, 0.15) is 48.8 Å². The highest BCUT2D eigenvalue weighted by Crippen LogP contribution is 2.30. The lowest BCUT2D eigenvalue weighted by Gasteiger charge is -2.46. The lowest BCUT2D eigenvalue weighted by atomic mass is 9.97. The van der Waals surface area contributed by atoms with Gasteiger partial charge in [0.15, 0.2) is 12.6 Å². The van der Waals surface area contributed by atoms with E-state index in [-0.39, 0.29) is 18.9 Å². The van der Waals surface area contributed by atoms with E-state index in [4.69, 9.17) is 18.9 Å². The lowest BCUT2D eigenvalue weighted by molar-refractivity contribution is -0.359. The second-order valence-corrected chi connectivity index (χ2v) is 23.6. The molecule has 0 bridgehead atoms. The number of carbonyl (C=O) groups excluding carboxylic acids is 1. The molecule has 14 heteroatoms. The number of unbranched alkanes of at least 4 members (excludes halogenated alkanes) is 21. The SMILES string of the molecule is CC/C=C\C/C=C\C/C=C\C/C=C\C/C=C\C/C=C\C/C=C\C/C=C\C/C=C\C/C=C\CCCCCCC(=O)NC(COC1OC(CO)C(OC2OC(CO)C(O)C(O)C2O)C(O)C1O)C(O)/C=C/CCCCCCCCCCCCCCCCCCC. The van der Waals surface area contributed by atoms with Crippen LogP contribution in [0.5, 0.6) is 0 Å². The Hall–Kier alpha value is -3.87. The van der Waals surface area contributed by atoms with E-state index in [1.54, 1.807) is 6.08 Å². The van der Waals surface area contributed by atoms with Gasteiger partial charge in [-0.05, 0) is 96.3 Å². The fraction of sp³-hybridized carbons (Fsp3) is 0.689. The molecule has 0 radical (unpaired) electrons. The predicted octanol–water partition coefficient (Wildman–Crippen LogP) is 13.9. The van der Waals surface area contributed by atoms with Crippen molar-refractivity contribution in [1.82, 2.24) is 5.32 Å². The van der Waals surface area contributed by atoms with Gasteiger partial charge in [-0.2, -0.15) is 0 Å². The number of allylic oxidation sites excluding steroid dienone is 21. The van der Waals surface area contributed by atoms with E-state index in [1.165, 1.54) is 96.3 Å². The molecule has 14 nitrogen and oxygen atoms in total. The van der Waals surface area contributed by atoms with E-state index in [2.05, 4.69) is 141 Å². The summed E-state index contributed by atoms with van der Waals surface area (Å²) in [5, 5.41) is 87.3. The van der Waals surface area contributed by atoms with Crippen LogP contribution in [0, 0.1) is 0 Å². The second kappa shape index (κ2) is 57.1. The molecule has 502 valence electrons. The van der Waals surface area contributed by atoms with Crippen molar-refractivity contribution in [2.75, 3.05) is 19.8 Å². The molecule has 9 N–H and O–H groups in total. The number of hydrogen-bond acceptors (Lipinski definition) is 13. The molecule has 2 rings (SSSR count). The molecule has 0 spiro atoms. The molecule has 0 aromatic carbocycles. The highest BCUT2D eigenvalue weighted by Gasteiger charge is 2.51. The molecule has 2 aliphatic heterocycles. The fourth-order valence-electron chi connectivity index (χ4n) is 10.4. The average Bonchev–Trinajstić information content (AvgIpc) is 1.84. The molecule has 0 aromatic rings. The first-order chi connectivity index (χ1) is 43.1. The number of ether oxygens (including phenoxy) is 4. The second-order valence-electron chi connectivity index (χ2n) is 23.6. The first kappa shape index (κ1) is 80.2. The molecule has 0 aromatic heterocycles.